The highest BCUT2D eigenvalue weighted by atomic mass is 15.0. The molecule has 45 heavy (non-hydrogen) atoms. The van der Waals surface area contributed by atoms with Crippen LogP contribution in [-0.4, -0.2) is 4.57 Å². The summed E-state index contributed by atoms with van der Waals surface area (Å²) in [5, 5.41) is 40.1. The lowest BCUT2D eigenvalue weighted by molar-refractivity contribution is 0.354. The Morgan fingerprint density at radius 3 is 1.40 bits per heavy atom. The first-order valence-electron chi connectivity index (χ1n) is 15.4. The molecule has 0 fully saturated rings. The van der Waals surface area contributed by atoms with Crippen molar-refractivity contribution in [3.05, 3.63) is 105 Å². The highest BCUT2D eigenvalue weighted by molar-refractivity contribution is 6.09. The molecule has 0 radical (unpaired) electrons. The number of nitrogens with zero attached hydrogens (tertiary/aromatic N) is 5. The van der Waals surface area contributed by atoms with Crippen LogP contribution >= 0.6 is 0 Å². The quantitative estimate of drug-likeness (QED) is 0.277. The van der Waals surface area contributed by atoms with Crippen LogP contribution in [0.25, 0.3) is 34.0 Å². The Bertz CT molecular complexity index is 1890. The van der Waals surface area contributed by atoms with E-state index in [2.05, 4.69) is 124 Å². The third kappa shape index (κ3) is 6.60. The normalized spacial score (nSPS) is 17.4. The van der Waals surface area contributed by atoms with Crippen molar-refractivity contribution in [2.75, 3.05) is 0 Å². The molecule has 2 aromatic carbocycles. The van der Waals surface area contributed by atoms with Crippen molar-refractivity contribution in [2.45, 2.75) is 66.8 Å². The second kappa shape index (κ2) is 12.3. The molecule has 2 aliphatic carbocycles. The fourth-order valence-corrected chi connectivity index (χ4v) is 6.88. The van der Waals surface area contributed by atoms with Crippen molar-refractivity contribution in [3.8, 4) is 24.3 Å². The first kappa shape index (κ1) is 31.1. The Morgan fingerprint density at radius 2 is 1.04 bits per heavy atom. The van der Waals surface area contributed by atoms with Gasteiger partial charge in [0.2, 0.25) is 0 Å². The molecule has 2 aliphatic rings. The van der Waals surface area contributed by atoms with E-state index in [-0.39, 0.29) is 22.0 Å². The number of rotatable bonds is 5. The molecule has 0 atom stereocenters. The van der Waals surface area contributed by atoms with Crippen LogP contribution in [0.15, 0.2) is 94.1 Å². The first-order valence-corrected chi connectivity index (χ1v) is 15.4. The van der Waals surface area contributed by atoms with Crippen molar-refractivity contribution in [1.29, 1.82) is 21.0 Å². The molecule has 0 aliphatic heterocycles. The lowest BCUT2D eigenvalue weighted by atomic mass is 9.74. The Balaban J connectivity index is 1.52. The summed E-state index contributed by atoms with van der Waals surface area (Å²) < 4.78 is 2.34. The van der Waals surface area contributed by atoms with Crippen LogP contribution in [0.3, 0.4) is 0 Å². The molecule has 3 aromatic rings. The van der Waals surface area contributed by atoms with Crippen LogP contribution in [0, 0.1) is 56.2 Å². The fraction of sp³-hybridized carbons (Fsp3) is 0.300. The summed E-state index contributed by atoms with van der Waals surface area (Å²) in [5.41, 5.74) is 8.75. The number of benzene rings is 2. The van der Waals surface area contributed by atoms with E-state index < -0.39 is 0 Å². The number of allylic oxidation sites excluding steroid dienone is 10. The van der Waals surface area contributed by atoms with Gasteiger partial charge in [0, 0.05) is 28.4 Å². The molecule has 0 bridgehead atoms. The maximum absolute atomic E-state index is 9.43. The molecule has 0 spiro atoms. The zero-order valence-electron chi connectivity index (χ0n) is 26.7. The molecule has 5 nitrogen and oxygen atoms in total. The highest BCUT2D eigenvalue weighted by Crippen LogP contribution is 2.41. The molecule has 1 aromatic heterocycles. The van der Waals surface area contributed by atoms with Crippen LogP contribution in [0.1, 0.15) is 71.4 Å². The minimum Gasteiger partial charge on any atom is -0.341 e. The molecule has 222 valence electrons. The van der Waals surface area contributed by atoms with Crippen molar-refractivity contribution >= 4 is 34.0 Å². The Labute approximate surface area is 266 Å². The fourth-order valence-electron chi connectivity index (χ4n) is 6.88. The largest absolute Gasteiger partial charge is 0.341 e. The van der Waals surface area contributed by atoms with Gasteiger partial charge in [0.1, 0.15) is 35.4 Å². The lowest BCUT2D eigenvalue weighted by Crippen LogP contribution is -2.17. The van der Waals surface area contributed by atoms with Gasteiger partial charge in [-0.25, -0.2) is 0 Å². The van der Waals surface area contributed by atoms with E-state index in [0.29, 0.717) is 12.8 Å². The zero-order chi connectivity index (χ0) is 32.4. The smallest absolute Gasteiger partial charge is 0.132 e. The molecule has 5 heteroatoms. The molecule has 5 rings (SSSR count). The summed E-state index contributed by atoms with van der Waals surface area (Å²) in [5.74, 6) is 0. The van der Waals surface area contributed by atoms with Gasteiger partial charge in [-0.1, -0.05) is 76.3 Å². The Morgan fingerprint density at radius 1 is 0.644 bits per heavy atom. The average molecular weight is 588 g/mol. The minimum atomic E-state index is -0.0276. The van der Waals surface area contributed by atoms with Crippen LogP contribution in [-0.2, 0) is 6.54 Å². The standard InChI is InChI=1S/C40H37N5/c1-6-45-37-13-11-27(7-9-29-15-31(33(23-41)24-42)21-39(2,3)19-29)17-35(37)36-18-28(12-14-38(36)45)8-10-30-16-32(34(25-43)26-44)22-40(4,5)20-30/h7-18H,6,19-22H2,1-5H3. The van der Waals surface area contributed by atoms with Crippen LogP contribution in [0.4, 0.5) is 0 Å². The Hall–Kier alpha value is -5.36. The SMILES string of the molecule is CCn1c2ccc(C=CC3=CC(=C(C#N)C#N)CC(C)(C)C3)cc2c2cc(C=CC3=CC(=C(C#N)C#N)CC(C)(C)C3)ccc21. The molecule has 0 unspecified atom stereocenters. The van der Waals surface area contributed by atoms with Crippen molar-refractivity contribution in [2.24, 2.45) is 10.8 Å². The first-order chi connectivity index (χ1) is 21.5. The van der Waals surface area contributed by atoms with E-state index in [1.165, 1.54) is 21.8 Å². The number of nitriles is 4. The second-order valence-electron chi connectivity index (χ2n) is 13.7. The van der Waals surface area contributed by atoms with Gasteiger partial charge in [-0.2, -0.15) is 21.0 Å². The number of fused-ring (bicyclic) bond motifs is 3. The number of aryl methyl sites for hydroxylation is 1. The second-order valence-corrected chi connectivity index (χ2v) is 13.7. The lowest BCUT2D eigenvalue weighted by Gasteiger charge is -2.30. The predicted octanol–water partition coefficient (Wildman–Crippen LogP) is 10.0. The third-order valence-electron chi connectivity index (χ3n) is 8.72. The molecular formula is C40H37N5. The summed E-state index contributed by atoms with van der Waals surface area (Å²) in [6, 6.07) is 21.4. The van der Waals surface area contributed by atoms with Crippen molar-refractivity contribution < 1.29 is 0 Å². The van der Waals surface area contributed by atoms with Gasteiger partial charge in [0.25, 0.3) is 0 Å². The zero-order valence-corrected chi connectivity index (χ0v) is 26.7. The molecular weight excluding hydrogens is 550 g/mol. The predicted molar refractivity (Wildman–Crippen MR) is 182 cm³/mol. The minimum absolute atomic E-state index is 0.0276. The summed E-state index contributed by atoms with van der Waals surface area (Å²) in [6.45, 7) is 11.7. The van der Waals surface area contributed by atoms with Gasteiger partial charge in [0.05, 0.1) is 0 Å². The molecule has 1 heterocycles. The van der Waals surface area contributed by atoms with Crippen molar-refractivity contribution in [3.63, 3.8) is 0 Å². The molecule has 0 saturated heterocycles. The van der Waals surface area contributed by atoms with E-state index in [1.807, 2.05) is 12.2 Å². The molecule has 0 amide bonds. The summed E-state index contributed by atoms with van der Waals surface area (Å²) in [6.07, 6.45) is 15.7. The van der Waals surface area contributed by atoms with Crippen LogP contribution < -0.4 is 0 Å². The van der Waals surface area contributed by atoms with E-state index in [1.54, 1.807) is 0 Å². The maximum atomic E-state index is 9.43. The number of hydrogen-bond acceptors (Lipinski definition) is 4. The van der Waals surface area contributed by atoms with Gasteiger partial charge in [-0.3, -0.25) is 0 Å². The van der Waals surface area contributed by atoms with E-state index >= 15 is 0 Å². The highest BCUT2D eigenvalue weighted by Gasteiger charge is 2.27. The van der Waals surface area contributed by atoms with E-state index in [9.17, 15) is 21.0 Å². The van der Waals surface area contributed by atoms with E-state index in [0.717, 1.165) is 52.8 Å². The average Bonchev–Trinajstić information content (AvgIpc) is 3.31. The van der Waals surface area contributed by atoms with Crippen molar-refractivity contribution in [1.82, 2.24) is 4.57 Å². The van der Waals surface area contributed by atoms with Gasteiger partial charge in [-0.05, 0) is 101 Å². The van der Waals surface area contributed by atoms with Gasteiger partial charge in [-0.15, -0.1) is 0 Å². The summed E-state index contributed by atoms with van der Waals surface area (Å²) in [7, 11) is 0. The van der Waals surface area contributed by atoms with Crippen LogP contribution in [0.5, 0.6) is 0 Å². The van der Waals surface area contributed by atoms with Gasteiger partial charge >= 0.3 is 0 Å². The third-order valence-corrected chi connectivity index (χ3v) is 8.72. The van der Waals surface area contributed by atoms with Gasteiger partial charge < -0.3 is 4.57 Å². The van der Waals surface area contributed by atoms with E-state index in [4.69, 9.17) is 0 Å². The maximum Gasteiger partial charge on any atom is 0.132 e. The van der Waals surface area contributed by atoms with Crippen LogP contribution in [0.2, 0.25) is 0 Å². The Kier molecular flexibility index (Phi) is 8.51. The topological polar surface area (TPSA) is 100 Å². The molecule has 0 N–H and O–H groups in total. The summed E-state index contributed by atoms with van der Waals surface area (Å²) >= 11 is 0. The summed E-state index contributed by atoms with van der Waals surface area (Å²) in [4.78, 5) is 0. The number of aromatic nitrogens is 1. The monoisotopic (exact) mass is 587 g/mol. The van der Waals surface area contributed by atoms with Gasteiger partial charge in [0.15, 0.2) is 0 Å². The number of hydrogen-bond donors (Lipinski definition) is 0. The molecule has 0 saturated carbocycles.